The normalized spacial score (nSPS) is 11.9. The van der Waals surface area contributed by atoms with Crippen molar-refractivity contribution in [2.24, 2.45) is 0 Å². The average molecular weight is 1880 g/mol. The molecule has 14 nitrogen and oxygen atoms in total. The molecule has 658 valence electrons. The van der Waals surface area contributed by atoms with Crippen molar-refractivity contribution >= 4 is 0 Å². The maximum absolute atomic E-state index is 11.7. The molecular weight excluding hydrogens is 1710 g/mol. The zero-order chi connectivity index (χ0) is 90.4. The van der Waals surface area contributed by atoms with Crippen LogP contribution in [0.1, 0.15) is 316 Å². The van der Waals surface area contributed by atoms with E-state index in [2.05, 4.69) is 324 Å². The van der Waals surface area contributed by atoms with Gasteiger partial charge in [-0.1, -0.05) is 392 Å². The van der Waals surface area contributed by atoms with Gasteiger partial charge in [-0.25, -0.2) is 0 Å². The molecule has 0 N–H and O–H groups in total. The summed E-state index contributed by atoms with van der Waals surface area (Å²) in [7, 11) is 13.2. The molecule has 16 heteroatoms. The fourth-order valence-electron chi connectivity index (χ4n) is 10.2. The Morgan fingerprint density at radius 2 is 0.250 bits per heavy atom. The fourth-order valence-corrected chi connectivity index (χ4v) is 10.2. The number of benzene rings is 6. The van der Waals surface area contributed by atoms with Crippen molar-refractivity contribution in [1.82, 2.24) is 0 Å². The standard InChI is InChI=1S/6C14H22O.4C4H10O2.2Nd/c6*1-13(2,3)10-7-8-12(15)11(9-10)14(4,5)6;4*1-5-3-4-6-2;;/h6*7-9,15H,1-6H3;4*3-4H2,1-2H3;;/q;;;;;;;;;;2*+3/p-6. The van der Waals surface area contributed by atoms with Crippen LogP contribution in [0, 0.1) is 81.7 Å². The molecule has 0 fully saturated rings. The van der Waals surface area contributed by atoms with Gasteiger partial charge < -0.3 is 68.5 Å². The van der Waals surface area contributed by atoms with Gasteiger partial charge in [0.15, 0.2) is 0 Å². The summed E-state index contributed by atoms with van der Waals surface area (Å²) in [5.41, 5.74) is 13.0. The quantitative estimate of drug-likeness (QED) is 0.104. The Hall–Kier alpha value is -3.50. The van der Waals surface area contributed by atoms with Crippen molar-refractivity contribution in [3.63, 3.8) is 0 Å². The van der Waals surface area contributed by atoms with Crippen molar-refractivity contribution < 1.29 is 150 Å². The van der Waals surface area contributed by atoms with Crippen LogP contribution in [0.25, 0.3) is 0 Å². The molecule has 0 heterocycles. The molecule has 6 rings (SSSR count). The summed E-state index contributed by atoms with van der Waals surface area (Å²) in [5.74, 6) is 0.892. The van der Waals surface area contributed by atoms with E-state index < -0.39 is 0 Å². The van der Waals surface area contributed by atoms with Gasteiger partial charge in [-0.3, -0.25) is 0 Å². The van der Waals surface area contributed by atoms with Crippen molar-refractivity contribution in [2.45, 2.75) is 314 Å². The Labute approximate surface area is 777 Å². The summed E-state index contributed by atoms with van der Waals surface area (Å²) in [4.78, 5) is 0. The monoisotopic (exact) mass is 1880 g/mol. The van der Waals surface area contributed by atoms with Gasteiger partial charge in [0, 0.05) is 56.9 Å². The molecule has 0 unspecified atom stereocenters. The summed E-state index contributed by atoms with van der Waals surface area (Å²) >= 11 is 0. The molecule has 0 aromatic heterocycles. The number of hydrogen-bond donors (Lipinski definition) is 0. The molecule has 0 aliphatic rings. The van der Waals surface area contributed by atoms with E-state index in [0.717, 1.165) is 33.4 Å². The van der Waals surface area contributed by atoms with Crippen LogP contribution in [0.15, 0.2) is 109 Å². The predicted octanol–water partition coefficient (Wildman–Crippen LogP) is 21.2. The topological polar surface area (TPSA) is 212 Å². The van der Waals surface area contributed by atoms with Gasteiger partial charge in [-0.15, -0.1) is 34.5 Å². The first kappa shape index (κ1) is 123. The summed E-state index contributed by atoms with van der Waals surface area (Å²) in [5, 5.41) is 70.5. The minimum absolute atomic E-state index is 0. The third-order valence-corrected chi connectivity index (χ3v) is 17.9. The predicted molar refractivity (Wildman–Crippen MR) is 475 cm³/mol. The summed E-state index contributed by atoms with van der Waals surface area (Å²) < 4.78 is 37.3. The van der Waals surface area contributed by atoms with Crippen LogP contribution in [0.4, 0.5) is 0 Å². The van der Waals surface area contributed by atoms with Gasteiger partial charge in [0.05, 0.1) is 52.9 Å². The molecule has 0 saturated carbocycles. The van der Waals surface area contributed by atoms with Crippen LogP contribution in [0.3, 0.4) is 0 Å². The molecular formula is C100H166Nd2O14. The largest absolute Gasteiger partial charge is 3.00 e. The van der Waals surface area contributed by atoms with Gasteiger partial charge in [-0.2, -0.15) is 0 Å². The number of rotatable bonds is 12. The van der Waals surface area contributed by atoms with Gasteiger partial charge in [-0.05, 0) is 98.4 Å². The van der Waals surface area contributed by atoms with Gasteiger partial charge in [0.1, 0.15) is 0 Å². The van der Waals surface area contributed by atoms with Crippen molar-refractivity contribution in [3.8, 4) is 34.5 Å². The van der Waals surface area contributed by atoms with E-state index in [-0.39, 0.29) is 181 Å². The third-order valence-electron chi connectivity index (χ3n) is 17.9. The van der Waals surface area contributed by atoms with Crippen molar-refractivity contribution in [3.05, 3.63) is 176 Å². The molecule has 0 spiro atoms. The SMILES string of the molecule is CC(C)(C)c1ccc([O-])c(C(C)(C)C)c1.CC(C)(C)c1ccc([O-])c(C(C)(C)C)c1.CC(C)(C)c1ccc([O-])c(C(C)(C)C)c1.CC(C)(C)c1ccc([O-])c(C(C)(C)C)c1.CC(C)(C)c1ccc([O-])c(C(C)(C)C)c1.CC(C)(C)c1ccc([O-])c(C(C)(C)C)c1.COCCOC.COCCOC.COCCOC.COCCOC.[Nd+3].[Nd+3]. The van der Waals surface area contributed by atoms with Crippen LogP contribution in [0.5, 0.6) is 34.5 Å². The van der Waals surface area contributed by atoms with Crippen molar-refractivity contribution in [1.29, 1.82) is 0 Å². The number of methoxy groups -OCH3 is 8. The Morgan fingerprint density at radius 3 is 0.310 bits per heavy atom. The molecule has 2 radical (unpaired) electrons. The smallest absolute Gasteiger partial charge is 0.872 e. The van der Waals surface area contributed by atoms with Crippen LogP contribution < -0.4 is 30.6 Å². The van der Waals surface area contributed by atoms with Gasteiger partial charge in [0.2, 0.25) is 0 Å². The molecule has 0 amide bonds. The molecule has 0 saturated heterocycles. The van der Waals surface area contributed by atoms with Crippen LogP contribution >= 0.6 is 0 Å². The average Bonchev–Trinajstić information content (AvgIpc) is 0.844. The Balaban J connectivity index is -0.000000295. The maximum atomic E-state index is 11.7. The van der Waals surface area contributed by atoms with E-state index in [9.17, 15) is 30.6 Å². The molecule has 0 atom stereocenters. The van der Waals surface area contributed by atoms with Crippen molar-refractivity contribution in [2.75, 3.05) is 110 Å². The van der Waals surface area contributed by atoms with Crippen LogP contribution in [-0.2, 0) is 103 Å². The van der Waals surface area contributed by atoms with E-state index in [1.807, 2.05) is 36.4 Å². The second-order valence-corrected chi connectivity index (χ2v) is 41.2. The molecule has 116 heavy (non-hydrogen) atoms. The van der Waals surface area contributed by atoms with Gasteiger partial charge >= 0.3 is 81.7 Å². The van der Waals surface area contributed by atoms with E-state index >= 15 is 0 Å². The summed E-state index contributed by atoms with van der Waals surface area (Å²) in [6, 6.07) is 34.2. The van der Waals surface area contributed by atoms with E-state index in [0.29, 0.717) is 52.9 Å². The Bertz CT molecular complexity index is 2970. The summed E-state index contributed by atoms with van der Waals surface area (Å²) in [6.45, 7) is 81.9. The Morgan fingerprint density at radius 1 is 0.164 bits per heavy atom. The number of ether oxygens (including phenoxy) is 8. The maximum Gasteiger partial charge on any atom is 3.00 e. The minimum Gasteiger partial charge on any atom is -0.872 e. The fraction of sp³-hybridized carbons (Fsp3) is 0.640. The second kappa shape index (κ2) is 55.6. The first-order valence-electron chi connectivity index (χ1n) is 40.2. The van der Waals surface area contributed by atoms with E-state index in [4.69, 9.17) is 0 Å². The zero-order valence-corrected chi connectivity index (χ0v) is 88.2. The number of hydrogen-bond acceptors (Lipinski definition) is 14. The first-order chi connectivity index (χ1) is 51.4. The third kappa shape index (κ3) is 52.7. The van der Waals surface area contributed by atoms with Crippen LogP contribution in [0.2, 0.25) is 0 Å². The van der Waals surface area contributed by atoms with E-state index in [1.165, 1.54) is 33.4 Å². The first-order valence-corrected chi connectivity index (χ1v) is 40.2. The molecule has 0 aliphatic carbocycles. The zero-order valence-electron chi connectivity index (χ0n) is 81.8. The molecule has 0 aliphatic heterocycles. The molecule has 0 bridgehead atoms. The second-order valence-electron chi connectivity index (χ2n) is 41.2. The minimum atomic E-state index is -0.0711. The van der Waals surface area contributed by atoms with Crippen LogP contribution in [-0.4, -0.2) is 110 Å². The summed E-state index contributed by atoms with van der Waals surface area (Å²) in [6.07, 6.45) is 0. The van der Waals surface area contributed by atoms with Gasteiger partial charge in [0.25, 0.3) is 0 Å². The Kier molecular flexibility index (Phi) is 59.1. The van der Waals surface area contributed by atoms with E-state index in [1.54, 1.807) is 93.3 Å². The molecule has 6 aromatic rings. The molecule has 6 aromatic carbocycles.